The number of anilines is 1. The number of carbonyl (C=O) groups is 1. The van der Waals surface area contributed by atoms with Crippen LogP contribution in [0.15, 0.2) is 42.5 Å². The Morgan fingerprint density at radius 2 is 1.93 bits per heavy atom. The zero-order valence-electron chi connectivity index (χ0n) is 17.1. The summed E-state index contributed by atoms with van der Waals surface area (Å²) in [6, 6.07) is 14.3. The predicted molar refractivity (Wildman–Crippen MR) is 113 cm³/mol. The molecule has 1 aliphatic rings. The van der Waals surface area contributed by atoms with Crippen LogP contribution in [-0.4, -0.2) is 23.9 Å². The first kappa shape index (κ1) is 19.6. The monoisotopic (exact) mass is 364 g/mol. The smallest absolute Gasteiger partial charge is 0.255 e. The number of benzene rings is 2. The molecular formula is C24H32N2O. The highest BCUT2D eigenvalue weighted by atomic mass is 16.1. The van der Waals surface area contributed by atoms with Crippen LogP contribution in [0.3, 0.4) is 0 Å². The Kier molecular flexibility index (Phi) is 6.33. The second kappa shape index (κ2) is 8.71. The van der Waals surface area contributed by atoms with E-state index in [1.165, 1.54) is 37.1 Å². The highest BCUT2D eigenvalue weighted by Crippen LogP contribution is 2.28. The van der Waals surface area contributed by atoms with Crippen molar-refractivity contribution in [2.24, 2.45) is 5.92 Å². The number of nitrogens with one attached hydrogen (secondary N) is 1. The molecule has 0 bridgehead atoms. The molecule has 1 heterocycles. The van der Waals surface area contributed by atoms with Crippen LogP contribution < -0.4 is 5.32 Å². The maximum absolute atomic E-state index is 12.8. The van der Waals surface area contributed by atoms with Crippen molar-refractivity contribution in [2.45, 2.75) is 53.0 Å². The van der Waals surface area contributed by atoms with Crippen LogP contribution >= 0.6 is 0 Å². The lowest BCUT2D eigenvalue weighted by molar-refractivity contribution is 0.102. The van der Waals surface area contributed by atoms with Crippen molar-refractivity contribution < 1.29 is 4.79 Å². The zero-order valence-corrected chi connectivity index (χ0v) is 17.1. The van der Waals surface area contributed by atoms with E-state index in [2.05, 4.69) is 55.3 Å². The summed E-state index contributed by atoms with van der Waals surface area (Å²) < 4.78 is 0. The maximum atomic E-state index is 12.8. The summed E-state index contributed by atoms with van der Waals surface area (Å²) in [5.74, 6) is 1.12. The van der Waals surface area contributed by atoms with Crippen molar-refractivity contribution in [3.63, 3.8) is 0 Å². The van der Waals surface area contributed by atoms with Crippen LogP contribution in [0, 0.1) is 12.8 Å². The molecule has 1 amide bonds. The van der Waals surface area contributed by atoms with Gasteiger partial charge in [-0.05, 0) is 67.0 Å². The summed E-state index contributed by atoms with van der Waals surface area (Å²) in [6.07, 6.45) is 2.63. The summed E-state index contributed by atoms with van der Waals surface area (Å²) in [4.78, 5) is 15.3. The summed E-state index contributed by atoms with van der Waals surface area (Å²) in [5, 5.41) is 3.13. The van der Waals surface area contributed by atoms with Gasteiger partial charge in [-0.1, -0.05) is 51.1 Å². The van der Waals surface area contributed by atoms with Gasteiger partial charge in [0.2, 0.25) is 0 Å². The molecule has 1 fully saturated rings. The summed E-state index contributed by atoms with van der Waals surface area (Å²) in [6.45, 7) is 12.0. The Balaban J connectivity index is 1.68. The lowest BCUT2D eigenvalue weighted by atomic mass is 9.98. The molecule has 3 rings (SSSR count). The first-order chi connectivity index (χ1) is 12.9. The number of likely N-dealkylation sites (tertiary alicyclic amines) is 1. The van der Waals surface area contributed by atoms with Crippen LogP contribution in [-0.2, 0) is 6.54 Å². The average molecular weight is 365 g/mol. The molecule has 2 aromatic carbocycles. The lowest BCUT2D eigenvalue weighted by Crippen LogP contribution is -2.33. The molecule has 3 nitrogen and oxygen atoms in total. The van der Waals surface area contributed by atoms with Crippen molar-refractivity contribution in [3.05, 3.63) is 64.7 Å². The number of carbonyl (C=O) groups excluding carboxylic acids is 1. The molecule has 0 aromatic heterocycles. The van der Waals surface area contributed by atoms with E-state index in [1.807, 2.05) is 25.1 Å². The minimum absolute atomic E-state index is 0.0376. The molecule has 2 aromatic rings. The van der Waals surface area contributed by atoms with Crippen molar-refractivity contribution in [3.8, 4) is 0 Å². The van der Waals surface area contributed by atoms with Crippen LogP contribution in [0.5, 0.6) is 0 Å². The van der Waals surface area contributed by atoms with Crippen molar-refractivity contribution in [1.82, 2.24) is 4.90 Å². The zero-order chi connectivity index (χ0) is 19.4. The van der Waals surface area contributed by atoms with Gasteiger partial charge in [0.15, 0.2) is 0 Å². The highest BCUT2D eigenvalue weighted by Gasteiger charge is 2.17. The second-order valence-corrected chi connectivity index (χ2v) is 8.33. The largest absolute Gasteiger partial charge is 0.321 e. The normalized spacial score (nSPS) is 17.9. The summed E-state index contributed by atoms with van der Waals surface area (Å²) in [5.41, 5.74) is 5.22. The minimum atomic E-state index is -0.0376. The van der Waals surface area contributed by atoms with Crippen LogP contribution in [0.4, 0.5) is 5.69 Å². The van der Waals surface area contributed by atoms with Gasteiger partial charge in [-0.15, -0.1) is 0 Å². The molecule has 1 aliphatic heterocycles. The van der Waals surface area contributed by atoms with Crippen LogP contribution in [0.25, 0.3) is 0 Å². The number of para-hydroxylation sites is 1. The number of rotatable bonds is 5. The molecule has 0 radical (unpaired) electrons. The van der Waals surface area contributed by atoms with Gasteiger partial charge in [0.1, 0.15) is 0 Å². The van der Waals surface area contributed by atoms with Crippen LogP contribution in [0.1, 0.15) is 66.6 Å². The lowest BCUT2D eigenvalue weighted by Gasteiger charge is -2.30. The van der Waals surface area contributed by atoms with Gasteiger partial charge in [0, 0.05) is 24.3 Å². The number of nitrogens with zero attached hydrogens (tertiary/aromatic N) is 1. The van der Waals surface area contributed by atoms with Crippen molar-refractivity contribution in [1.29, 1.82) is 0 Å². The Morgan fingerprint density at radius 3 is 2.59 bits per heavy atom. The van der Waals surface area contributed by atoms with Crippen LogP contribution in [0.2, 0.25) is 0 Å². The third-order valence-corrected chi connectivity index (χ3v) is 5.53. The van der Waals surface area contributed by atoms with Crippen molar-refractivity contribution >= 4 is 11.6 Å². The fourth-order valence-electron chi connectivity index (χ4n) is 3.98. The molecule has 1 saturated heterocycles. The summed E-state index contributed by atoms with van der Waals surface area (Å²) in [7, 11) is 0. The molecule has 0 spiro atoms. The van der Waals surface area contributed by atoms with Gasteiger partial charge in [0.25, 0.3) is 5.91 Å². The van der Waals surface area contributed by atoms with Gasteiger partial charge in [0.05, 0.1) is 0 Å². The molecule has 0 unspecified atom stereocenters. The first-order valence-electron chi connectivity index (χ1n) is 10.2. The van der Waals surface area contributed by atoms with E-state index in [0.717, 1.165) is 23.7 Å². The van der Waals surface area contributed by atoms with E-state index in [0.29, 0.717) is 11.5 Å². The van der Waals surface area contributed by atoms with Gasteiger partial charge in [-0.2, -0.15) is 0 Å². The molecule has 3 heteroatoms. The molecule has 27 heavy (non-hydrogen) atoms. The molecule has 1 N–H and O–H groups in total. The highest BCUT2D eigenvalue weighted by molar-refractivity contribution is 6.05. The minimum Gasteiger partial charge on any atom is -0.321 e. The molecule has 144 valence electrons. The van der Waals surface area contributed by atoms with E-state index >= 15 is 0 Å². The predicted octanol–water partition coefficient (Wildman–Crippen LogP) is 5.60. The Morgan fingerprint density at radius 1 is 1.19 bits per heavy atom. The first-order valence-corrected chi connectivity index (χ1v) is 10.2. The van der Waals surface area contributed by atoms with E-state index in [1.54, 1.807) is 0 Å². The number of hydrogen-bond acceptors (Lipinski definition) is 2. The molecule has 1 atom stereocenters. The SMILES string of the molecule is Cc1cccc(C(C)C)c1NC(=O)c1ccc(CN2CCC[C@H](C)C2)cc1. The Bertz CT molecular complexity index is 779. The molecule has 0 aliphatic carbocycles. The number of hydrogen-bond donors (Lipinski definition) is 1. The van der Waals surface area contributed by atoms with Gasteiger partial charge in [-0.3, -0.25) is 9.69 Å². The number of piperidine rings is 1. The third kappa shape index (κ3) is 4.98. The van der Waals surface area contributed by atoms with Gasteiger partial charge in [-0.25, -0.2) is 0 Å². The van der Waals surface area contributed by atoms with E-state index in [9.17, 15) is 4.79 Å². The topological polar surface area (TPSA) is 32.3 Å². The second-order valence-electron chi connectivity index (χ2n) is 8.33. The van der Waals surface area contributed by atoms with Crippen molar-refractivity contribution in [2.75, 3.05) is 18.4 Å². The maximum Gasteiger partial charge on any atom is 0.255 e. The number of amides is 1. The Hall–Kier alpha value is -2.13. The average Bonchev–Trinajstić information content (AvgIpc) is 2.63. The fourth-order valence-corrected chi connectivity index (χ4v) is 3.98. The summed E-state index contributed by atoms with van der Waals surface area (Å²) >= 11 is 0. The van der Waals surface area contributed by atoms with E-state index < -0.39 is 0 Å². The van der Waals surface area contributed by atoms with Gasteiger partial charge < -0.3 is 5.32 Å². The third-order valence-electron chi connectivity index (χ3n) is 5.53. The van der Waals surface area contributed by atoms with Gasteiger partial charge >= 0.3 is 0 Å². The Labute approximate surface area is 163 Å². The number of aryl methyl sites for hydroxylation is 1. The quantitative estimate of drug-likeness (QED) is 0.748. The standard InChI is InChI=1S/C24H32N2O/c1-17(2)22-9-5-8-19(4)23(22)25-24(27)21-12-10-20(11-13-21)16-26-14-6-7-18(3)15-26/h5,8-13,17-18H,6-7,14-16H2,1-4H3,(H,25,27)/t18-/m0/s1. The molecular weight excluding hydrogens is 332 g/mol. The fraction of sp³-hybridized carbons (Fsp3) is 0.458. The van der Waals surface area contributed by atoms with E-state index in [4.69, 9.17) is 0 Å². The molecule has 0 saturated carbocycles. The van der Waals surface area contributed by atoms with E-state index in [-0.39, 0.29) is 5.91 Å².